The van der Waals surface area contributed by atoms with Crippen LogP contribution in [0.2, 0.25) is 0 Å². The van der Waals surface area contributed by atoms with Crippen molar-refractivity contribution in [1.29, 1.82) is 0 Å². The number of thioether (sulfide) groups is 1. The van der Waals surface area contributed by atoms with Gasteiger partial charge in [0.25, 0.3) is 0 Å². The molecule has 1 heterocycles. The van der Waals surface area contributed by atoms with Crippen molar-refractivity contribution >= 4 is 17.7 Å². The van der Waals surface area contributed by atoms with Crippen molar-refractivity contribution in [3.63, 3.8) is 0 Å². The molecule has 1 aromatic carbocycles. The quantitative estimate of drug-likeness (QED) is 0.647. The molecule has 2 rings (SSSR count). The van der Waals surface area contributed by atoms with E-state index in [1.807, 2.05) is 58.0 Å². The molecular formula is C16H23N5OS. The first kappa shape index (κ1) is 17.3. The Balaban J connectivity index is 1.91. The molecule has 0 radical (unpaired) electrons. The number of nitrogens with two attached hydrogens (primary N) is 1. The Hall–Kier alpha value is -2.02. The van der Waals surface area contributed by atoms with E-state index in [0.29, 0.717) is 11.0 Å². The Bertz CT molecular complexity index is 663. The fourth-order valence-electron chi connectivity index (χ4n) is 2.13. The third-order valence-electron chi connectivity index (χ3n) is 3.34. The van der Waals surface area contributed by atoms with Crippen LogP contribution >= 0.6 is 11.8 Å². The highest BCUT2D eigenvalue weighted by Crippen LogP contribution is 2.23. The summed E-state index contributed by atoms with van der Waals surface area (Å²) in [6.07, 6.45) is 0. The molecule has 0 aliphatic carbocycles. The van der Waals surface area contributed by atoms with Gasteiger partial charge in [0.15, 0.2) is 5.82 Å². The minimum absolute atomic E-state index is 0.0369. The van der Waals surface area contributed by atoms with Crippen LogP contribution in [0.1, 0.15) is 45.1 Å². The zero-order valence-electron chi connectivity index (χ0n) is 13.9. The number of aromatic nitrogens is 3. The third-order valence-corrected chi connectivity index (χ3v) is 4.29. The van der Waals surface area contributed by atoms with Crippen LogP contribution in [0.4, 0.5) is 0 Å². The first-order chi connectivity index (χ1) is 10.8. The van der Waals surface area contributed by atoms with Crippen molar-refractivity contribution < 1.29 is 4.79 Å². The van der Waals surface area contributed by atoms with E-state index < -0.39 is 0 Å². The van der Waals surface area contributed by atoms with Gasteiger partial charge in [-0.2, -0.15) is 0 Å². The molecule has 1 aromatic heterocycles. The fraction of sp³-hybridized carbons (Fsp3) is 0.438. The summed E-state index contributed by atoms with van der Waals surface area (Å²) >= 11 is 1.28. The van der Waals surface area contributed by atoms with E-state index in [1.165, 1.54) is 16.4 Å². The Labute approximate surface area is 140 Å². The predicted molar refractivity (Wildman–Crippen MR) is 92.6 cm³/mol. The van der Waals surface area contributed by atoms with Crippen LogP contribution < -0.4 is 11.2 Å². The first-order valence-electron chi connectivity index (χ1n) is 7.47. The molecule has 124 valence electrons. The van der Waals surface area contributed by atoms with Crippen LogP contribution in [-0.2, 0) is 10.2 Å². The molecule has 0 bridgehead atoms. The zero-order chi connectivity index (χ0) is 17.0. The van der Waals surface area contributed by atoms with Gasteiger partial charge < -0.3 is 11.2 Å². The summed E-state index contributed by atoms with van der Waals surface area (Å²) in [4.78, 5) is 12.1. The average Bonchev–Trinajstić information content (AvgIpc) is 2.87. The lowest BCUT2D eigenvalue weighted by molar-refractivity contribution is -0.119. The fourth-order valence-corrected chi connectivity index (χ4v) is 2.79. The predicted octanol–water partition coefficient (Wildman–Crippen LogP) is 2.26. The second kappa shape index (κ2) is 7.04. The van der Waals surface area contributed by atoms with E-state index in [2.05, 4.69) is 15.5 Å². The average molecular weight is 333 g/mol. The summed E-state index contributed by atoms with van der Waals surface area (Å²) in [5.74, 6) is 6.88. The maximum Gasteiger partial charge on any atom is 0.230 e. The van der Waals surface area contributed by atoms with Crippen LogP contribution in [0.15, 0.2) is 35.5 Å². The Morgan fingerprint density at radius 3 is 2.52 bits per heavy atom. The summed E-state index contributed by atoms with van der Waals surface area (Å²) in [6.45, 7) is 8.01. The van der Waals surface area contributed by atoms with Crippen molar-refractivity contribution in [2.24, 2.45) is 0 Å². The Kier molecular flexibility index (Phi) is 5.30. The number of benzene rings is 1. The third kappa shape index (κ3) is 4.48. The molecule has 2 aromatic rings. The molecule has 0 fully saturated rings. The van der Waals surface area contributed by atoms with Gasteiger partial charge in [-0.05, 0) is 12.5 Å². The molecule has 0 saturated heterocycles. The Morgan fingerprint density at radius 2 is 1.96 bits per heavy atom. The van der Waals surface area contributed by atoms with E-state index in [4.69, 9.17) is 5.84 Å². The molecule has 0 aliphatic heterocycles. The van der Waals surface area contributed by atoms with Crippen molar-refractivity contribution in [2.75, 3.05) is 11.6 Å². The van der Waals surface area contributed by atoms with Gasteiger partial charge >= 0.3 is 0 Å². The molecule has 1 unspecified atom stereocenters. The Morgan fingerprint density at radius 1 is 1.30 bits per heavy atom. The highest BCUT2D eigenvalue weighted by atomic mass is 32.2. The van der Waals surface area contributed by atoms with Gasteiger partial charge in [0, 0.05) is 5.41 Å². The second-order valence-electron chi connectivity index (χ2n) is 6.41. The maximum atomic E-state index is 12.1. The second-order valence-corrected chi connectivity index (χ2v) is 7.36. The van der Waals surface area contributed by atoms with Gasteiger partial charge in [0.2, 0.25) is 11.1 Å². The summed E-state index contributed by atoms with van der Waals surface area (Å²) in [5, 5.41) is 11.7. The standard InChI is InChI=1S/C16H23N5OS/c1-11(12-8-6-5-7-9-12)18-13(22)10-23-15-20-19-14(21(15)17)16(2,3)4/h5-9,11H,10,17H2,1-4H3,(H,18,22). The number of nitrogens with one attached hydrogen (secondary N) is 1. The number of nitrogens with zero attached hydrogens (tertiary/aromatic N) is 3. The molecule has 0 saturated carbocycles. The molecule has 7 heteroatoms. The van der Waals surface area contributed by atoms with Crippen molar-refractivity contribution in [2.45, 2.75) is 44.3 Å². The summed E-state index contributed by atoms with van der Waals surface area (Å²) in [5.41, 5.74) is 0.882. The summed E-state index contributed by atoms with van der Waals surface area (Å²) in [6, 6.07) is 9.81. The molecule has 1 amide bonds. The van der Waals surface area contributed by atoms with Crippen molar-refractivity contribution in [3.8, 4) is 0 Å². The van der Waals surface area contributed by atoms with Crippen LogP contribution in [0.5, 0.6) is 0 Å². The van der Waals surface area contributed by atoms with Gasteiger partial charge in [-0.1, -0.05) is 62.9 Å². The largest absolute Gasteiger partial charge is 0.349 e. The van der Waals surface area contributed by atoms with Crippen LogP contribution in [-0.4, -0.2) is 26.5 Å². The molecular weight excluding hydrogens is 310 g/mol. The van der Waals surface area contributed by atoms with Crippen molar-refractivity contribution in [1.82, 2.24) is 20.2 Å². The normalized spacial score (nSPS) is 12.9. The van der Waals surface area contributed by atoms with E-state index in [9.17, 15) is 4.79 Å². The van der Waals surface area contributed by atoms with Gasteiger partial charge in [-0.15, -0.1) is 10.2 Å². The lowest BCUT2D eigenvalue weighted by Crippen LogP contribution is -2.28. The highest BCUT2D eigenvalue weighted by Gasteiger charge is 2.23. The van der Waals surface area contributed by atoms with E-state index in [0.717, 1.165) is 5.56 Å². The first-order valence-corrected chi connectivity index (χ1v) is 8.45. The minimum Gasteiger partial charge on any atom is -0.349 e. The molecule has 23 heavy (non-hydrogen) atoms. The molecule has 0 aliphatic rings. The summed E-state index contributed by atoms with van der Waals surface area (Å²) < 4.78 is 1.46. The van der Waals surface area contributed by atoms with Crippen molar-refractivity contribution in [3.05, 3.63) is 41.7 Å². The molecule has 0 spiro atoms. The number of hydrogen-bond acceptors (Lipinski definition) is 5. The number of carbonyl (C=O) groups excluding carboxylic acids is 1. The lowest BCUT2D eigenvalue weighted by Gasteiger charge is -2.16. The lowest BCUT2D eigenvalue weighted by atomic mass is 9.96. The van der Waals surface area contributed by atoms with Gasteiger partial charge in [0.1, 0.15) is 0 Å². The number of amides is 1. The molecule has 3 N–H and O–H groups in total. The topological polar surface area (TPSA) is 85.8 Å². The van der Waals surface area contributed by atoms with E-state index in [1.54, 1.807) is 0 Å². The van der Waals surface area contributed by atoms with Crippen LogP contribution in [0, 0.1) is 0 Å². The van der Waals surface area contributed by atoms with Crippen LogP contribution in [0.3, 0.4) is 0 Å². The van der Waals surface area contributed by atoms with Gasteiger partial charge in [0.05, 0.1) is 11.8 Å². The highest BCUT2D eigenvalue weighted by molar-refractivity contribution is 7.99. The summed E-state index contributed by atoms with van der Waals surface area (Å²) in [7, 11) is 0. The number of nitrogen functional groups attached to an aromatic ring is 1. The molecule has 1 atom stereocenters. The monoisotopic (exact) mass is 333 g/mol. The maximum absolute atomic E-state index is 12.1. The van der Waals surface area contributed by atoms with Gasteiger partial charge in [-0.3, -0.25) is 4.79 Å². The van der Waals surface area contributed by atoms with Gasteiger partial charge in [-0.25, -0.2) is 4.68 Å². The number of rotatable bonds is 5. The zero-order valence-corrected chi connectivity index (χ0v) is 14.7. The smallest absolute Gasteiger partial charge is 0.230 e. The number of carbonyl (C=O) groups is 1. The number of hydrogen-bond donors (Lipinski definition) is 2. The minimum atomic E-state index is -0.190. The van der Waals surface area contributed by atoms with E-state index >= 15 is 0 Å². The SMILES string of the molecule is CC(NC(=O)CSc1nnc(C(C)(C)C)n1N)c1ccccc1. The molecule has 6 nitrogen and oxygen atoms in total. The van der Waals surface area contributed by atoms with E-state index in [-0.39, 0.29) is 23.1 Å². The van der Waals surface area contributed by atoms with Crippen LogP contribution in [0.25, 0.3) is 0 Å².